The van der Waals surface area contributed by atoms with Gasteiger partial charge >= 0.3 is 0 Å². The number of hydrogen-bond donors (Lipinski definition) is 1. The van der Waals surface area contributed by atoms with Crippen LogP contribution in [0.1, 0.15) is 5.56 Å². The highest BCUT2D eigenvalue weighted by Gasteiger charge is 1.98. The van der Waals surface area contributed by atoms with Crippen LogP contribution in [0.3, 0.4) is 0 Å². The summed E-state index contributed by atoms with van der Waals surface area (Å²) < 4.78 is 0. The van der Waals surface area contributed by atoms with Crippen LogP contribution in [0.5, 0.6) is 0 Å². The Hall–Kier alpha value is -0.670. The summed E-state index contributed by atoms with van der Waals surface area (Å²) in [4.78, 5) is 4.21. The van der Waals surface area contributed by atoms with Crippen LogP contribution in [-0.2, 0) is 0 Å². The van der Waals surface area contributed by atoms with Crippen molar-refractivity contribution in [1.29, 1.82) is 0 Å². The maximum atomic E-state index is 5.83. The maximum Gasteiger partial charge on any atom is 0.158 e. The molecule has 0 aliphatic heterocycles. The molecule has 1 aromatic rings. The van der Waals surface area contributed by atoms with Gasteiger partial charge in [-0.1, -0.05) is 29.4 Å². The Labute approximate surface area is 87.2 Å². The number of aliphatic imine (C=N–C) groups is 1. The molecule has 0 aliphatic carbocycles. The molecule has 0 atom stereocenters. The van der Waals surface area contributed by atoms with E-state index in [1.165, 1.54) is 11.8 Å². The van der Waals surface area contributed by atoms with E-state index >= 15 is 0 Å². The van der Waals surface area contributed by atoms with Gasteiger partial charge in [-0.25, -0.2) is 4.99 Å². The van der Waals surface area contributed by atoms with Gasteiger partial charge in [0.05, 0.1) is 5.69 Å². The van der Waals surface area contributed by atoms with E-state index in [0.717, 1.165) is 11.3 Å². The standard InChI is InChI=1S/C9H11ClN2S/c1-6-3-4-7(10)5-8(6)12-9(11)13-2/h3-5H,1-2H3,(H2,11,12). The molecule has 0 amide bonds. The van der Waals surface area contributed by atoms with Crippen molar-refractivity contribution in [3.63, 3.8) is 0 Å². The Bertz CT molecular complexity index is 336. The second-order valence-electron chi connectivity index (χ2n) is 2.58. The van der Waals surface area contributed by atoms with Gasteiger partial charge in [-0.2, -0.15) is 0 Å². The summed E-state index contributed by atoms with van der Waals surface area (Å²) in [6.07, 6.45) is 1.89. The third-order valence-corrected chi connectivity index (χ3v) is 2.36. The minimum absolute atomic E-state index is 0.547. The molecule has 0 saturated carbocycles. The number of thioether (sulfide) groups is 1. The monoisotopic (exact) mass is 214 g/mol. The Morgan fingerprint density at radius 2 is 2.23 bits per heavy atom. The molecule has 0 aliphatic rings. The third kappa shape index (κ3) is 2.94. The largest absolute Gasteiger partial charge is 0.378 e. The normalized spacial score (nSPS) is 11.8. The maximum absolute atomic E-state index is 5.83. The molecule has 0 bridgehead atoms. The molecule has 70 valence electrons. The molecule has 0 radical (unpaired) electrons. The van der Waals surface area contributed by atoms with Crippen LogP contribution in [0, 0.1) is 6.92 Å². The van der Waals surface area contributed by atoms with E-state index < -0.39 is 0 Å². The summed E-state index contributed by atoms with van der Waals surface area (Å²) in [6, 6.07) is 5.57. The summed E-state index contributed by atoms with van der Waals surface area (Å²) in [7, 11) is 0. The molecule has 2 N–H and O–H groups in total. The van der Waals surface area contributed by atoms with Crippen LogP contribution in [0.4, 0.5) is 5.69 Å². The first-order valence-corrected chi connectivity index (χ1v) is 5.38. The number of halogens is 1. The zero-order valence-electron chi connectivity index (χ0n) is 7.54. The van der Waals surface area contributed by atoms with Gasteiger partial charge in [-0.15, -0.1) is 0 Å². The van der Waals surface area contributed by atoms with E-state index in [1.807, 2.05) is 25.3 Å². The molecule has 0 aromatic heterocycles. The van der Waals surface area contributed by atoms with Gasteiger partial charge in [0.2, 0.25) is 0 Å². The van der Waals surface area contributed by atoms with Gasteiger partial charge in [0.1, 0.15) is 0 Å². The first kappa shape index (κ1) is 10.4. The van der Waals surface area contributed by atoms with Crippen LogP contribution in [0.15, 0.2) is 23.2 Å². The number of nitrogens with zero attached hydrogens (tertiary/aromatic N) is 1. The highest BCUT2D eigenvalue weighted by atomic mass is 35.5. The molecule has 2 nitrogen and oxygen atoms in total. The quantitative estimate of drug-likeness (QED) is 0.577. The zero-order chi connectivity index (χ0) is 9.84. The van der Waals surface area contributed by atoms with Crippen molar-refractivity contribution in [2.45, 2.75) is 6.92 Å². The molecule has 13 heavy (non-hydrogen) atoms. The summed E-state index contributed by atoms with van der Waals surface area (Å²) in [6.45, 7) is 1.97. The molecule has 4 heteroatoms. The molecule has 1 aromatic carbocycles. The van der Waals surface area contributed by atoms with Crippen molar-refractivity contribution in [3.8, 4) is 0 Å². The lowest BCUT2D eigenvalue weighted by Gasteiger charge is -2.01. The second-order valence-corrected chi connectivity index (χ2v) is 3.85. The fraction of sp³-hybridized carbons (Fsp3) is 0.222. The number of amidine groups is 1. The van der Waals surface area contributed by atoms with Gasteiger partial charge in [0.25, 0.3) is 0 Å². The van der Waals surface area contributed by atoms with E-state index in [9.17, 15) is 0 Å². The van der Waals surface area contributed by atoms with Crippen molar-refractivity contribution < 1.29 is 0 Å². The minimum Gasteiger partial charge on any atom is -0.378 e. The van der Waals surface area contributed by atoms with E-state index in [1.54, 1.807) is 6.07 Å². The predicted molar refractivity (Wildman–Crippen MR) is 61.0 cm³/mol. The zero-order valence-corrected chi connectivity index (χ0v) is 9.12. The molecular weight excluding hydrogens is 204 g/mol. The van der Waals surface area contributed by atoms with Gasteiger partial charge in [-0.3, -0.25) is 0 Å². The second kappa shape index (κ2) is 4.53. The van der Waals surface area contributed by atoms with Crippen molar-refractivity contribution >= 4 is 34.2 Å². The third-order valence-electron chi connectivity index (χ3n) is 1.61. The summed E-state index contributed by atoms with van der Waals surface area (Å²) in [5.41, 5.74) is 7.50. The van der Waals surface area contributed by atoms with Gasteiger partial charge < -0.3 is 5.73 Å². The van der Waals surface area contributed by atoms with E-state index in [-0.39, 0.29) is 0 Å². The first-order valence-electron chi connectivity index (χ1n) is 3.78. The molecule has 0 saturated heterocycles. The van der Waals surface area contributed by atoms with Crippen LogP contribution in [0.2, 0.25) is 5.02 Å². The van der Waals surface area contributed by atoms with Crippen LogP contribution < -0.4 is 5.73 Å². The van der Waals surface area contributed by atoms with Crippen molar-refractivity contribution in [3.05, 3.63) is 28.8 Å². The molecular formula is C9H11ClN2S. The van der Waals surface area contributed by atoms with Gasteiger partial charge in [0.15, 0.2) is 5.17 Å². The van der Waals surface area contributed by atoms with Crippen LogP contribution in [0.25, 0.3) is 0 Å². The van der Waals surface area contributed by atoms with Gasteiger partial charge in [-0.05, 0) is 30.9 Å². The number of hydrogen-bond acceptors (Lipinski definition) is 2. The van der Waals surface area contributed by atoms with Crippen LogP contribution in [-0.4, -0.2) is 11.4 Å². The van der Waals surface area contributed by atoms with Crippen LogP contribution >= 0.6 is 23.4 Å². The molecule has 0 unspecified atom stereocenters. The Morgan fingerprint density at radius 3 is 2.85 bits per heavy atom. The Balaban J connectivity index is 3.07. The molecule has 0 fully saturated rings. The van der Waals surface area contributed by atoms with Crippen molar-refractivity contribution in [2.75, 3.05) is 6.26 Å². The SMILES string of the molecule is CSC(N)=Nc1cc(Cl)ccc1C. The minimum atomic E-state index is 0.547. The van der Waals surface area contributed by atoms with E-state index in [4.69, 9.17) is 17.3 Å². The van der Waals surface area contributed by atoms with Gasteiger partial charge in [0, 0.05) is 5.02 Å². The smallest absolute Gasteiger partial charge is 0.158 e. The fourth-order valence-electron chi connectivity index (χ4n) is 0.867. The number of nitrogens with two attached hydrogens (primary N) is 1. The number of aryl methyl sites for hydroxylation is 1. The predicted octanol–water partition coefficient (Wildman–Crippen LogP) is 2.96. The number of benzene rings is 1. The molecule has 1 rings (SSSR count). The summed E-state index contributed by atoms with van der Waals surface area (Å²) in [5, 5.41) is 1.23. The first-order chi connectivity index (χ1) is 6.13. The summed E-state index contributed by atoms with van der Waals surface area (Å²) >= 11 is 7.25. The molecule has 0 heterocycles. The Kier molecular flexibility index (Phi) is 3.63. The highest BCUT2D eigenvalue weighted by Crippen LogP contribution is 2.23. The van der Waals surface area contributed by atoms with E-state index in [0.29, 0.717) is 10.2 Å². The highest BCUT2D eigenvalue weighted by molar-refractivity contribution is 8.13. The average molecular weight is 215 g/mol. The fourth-order valence-corrected chi connectivity index (χ4v) is 1.22. The topological polar surface area (TPSA) is 38.4 Å². The molecule has 0 spiro atoms. The van der Waals surface area contributed by atoms with Crippen molar-refractivity contribution in [2.24, 2.45) is 10.7 Å². The lowest BCUT2D eigenvalue weighted by Crippen LogP contribution is -2.04. The number of rotatable bonds is 1. The lowest BCUT2D eigenvalue weighted by molar-refractivity contribution is 1.39. The lowest BCUT2D eigenvalue weighted by atomic mass is 10.2. The Morgan fingerprint density at radius 1 is 1.54 bits per heavy atom. The summed E-state index contributed by atoms with van der Waals surface area (Å²) in [5.74, 6) is 0. The van der Waals surface area contributed by atoms with Crippen molar-refractivity contribution in [1.82, 2.24) is 0 Å². The average Bonchev–Trinajstić information content (AvgIpc) is 2.11. The van der Waals surface area contributed by atoms with E-state index in [2.05, 4.69) is 4.99 Å².